The molecular formula is C10H23NS. The van der Waals surface area contributed by atoms with Crippen LogP contribution in [0.1, 0.15) is 47.5 Å². The summed E-state index contributed by atoms with van der Waals surface area (Å²) in [5.74, 6) is 0. The molecule has 2 N–H and O–H groups in total. The Morgan fingerprint density at radius 2 is 1.50 bits per heavy atom. The topological polar surface area (TPSA) is 26.0 Å². The summed E-state index contributed by atoms with van der Waals surface area (Å²) in [6.45, 7) is 12.0. The van der Waals surface area contributed by atoms with Crippen molar-refractivity contribution in [2.24, 2.45) is 5.73 Å². The predicted molar refractivity (Wildman–Crippen MR) is 59.7 cm³/mol. The number of hydrogen-bond donors (Lipinski definition) is 1. The van der Waals surface area contributed by atoms with Crippen LogP contribution in [-0.4, -0.2) is 16.0 Å². The maximum Gasteiger partial charge on any atom is 0.0282 e. The molecule has 2 heteroatoms. The zero-order valence-electron chi connectivity index (χ0n) is 9.11. The van der Waals surface area contributed by atoms with Gasteiger partial charge in [0.1, 0.15) is 0 Å². The molecule has 12 heavy (non-hydrogen) atoms. The van der Waals surface area contributed by atoms with Crippen molar-refractivity contribution < 1.29 is 0 Å². The Labute approximate surface area is 81.5 Å². The van der Waals surface area contributed by atoms with Crippen molar-refractivity contribution in [3.8, 4) is 0 Å². The first-order valence-corrected chi connectivity index (χ1v) is 5.61. The van der Waals surface area contributed by atoms with Gasteiger partial charge < -0.3 is 5.73 Å². The quantitative estimate of drug-likeness (QED) is 0.735. The van der Waals surface area contributed by atoms with Gasteiger partial charge in [-0.15, -0.1) is 11.8 Å². The number of hydrogen-bond acceptors (Lipinski definition) is 2. The maximum atomic E-state index is 5.82. The van der Waals surface area contributed by atoms with Crippen molar-refractivity contribution in [1.29, 1.82) is 0 Å². The molecule has 0 unspecified atom stereocenters. The molecule has 0 aromatic rings. The van der Waals surface area contributed by atoms with Crippen LogP contribution in [0.25, 0.3) is 0 Å². The molecule has 0 aliphatic rings. The molecule has 0 rings (SSSR count). The second-order valence-corrected chi connectivity index (χ2v) is 6.60. The van der Waals surface area contributed by atoms with E-state index >= 15 is 0 Å². The predicted octanol–water partition coefficient (Wildman–Crippen LogP) is 3.04. The van der Waals surface area contributed by atoms with Crippen molar-refractivity contribution in [1.82, 2.24) is 0 Å². The van der Waals surface area contributed by atoms with Gasteiger partial charge in [-0.05, 0) is 12.8 Å². The Kier molecular flexibility index (Phi) is 4.64. The Hall–Kier alpha value is 0.310. The standard InChI is InChI=1S/C10H23NS/c1-6-10(7-2,8-11)12-9(3,4)5/h6-8,11H2,1-5H3. The molecule has 0 fully saturated rings. The number of thioether (sulfide) groups is 1. The van der Waals surface area contributed by atoms with Crippen molar-refractivity contribution in [2.75, 3.05) is 6.54 Å². The highest BCUT2D eigenvalue weighted by atomic mass is 32.2. The third-order valence-corrected chi connectivity index (χ3v) is 3.97. The zero-order chi connectivity index (χ0) is 9.83. The van der Waals surface area contributed by atoms with Gasteiger partial charge in [-0.25, -0.2) is 0 Å². The summed E-state index contributed by atoms with van der Waals surface area (Å²) in [5.41, 5.74) is 5.82. The van der Waals surface area contributed by atoms with E-state index in [1.807, 2.05) is 11.8 Å². The Morgan fingerprint density at radius 1 is 1.08 bits per heavy atom. The Morgan fingerprint density at radius 3 is 1.58 bits per heavy atom. The van der Waals surface area contributed by atoms with Crippen LogP contribution in [0.2, 0.25) is 0 Å². The summed E-state index contributed by atoms with van der Waals surface area (Å²) in [7, 11) is 0. The summed E-state index contributed by atoms with van der Waals surface area (Å²) < 4.78 is 0.629. The van der Waals surface area contributed by atoms with Crippen LogP contribution >= 0.6 is 11.8 Å². The lowest BCUT2D eigenvalue weighted by atomic mass is 10.0. The van der Waals surface area contributed by atoms with Crippen LogP contribution in [0.3, 0.4) is 0 Å². The minimum Gasteiger partial charge on any atom is -0.329 e. The van der Waals surface area contributed by atoms with Gasteiger partial charge in [0.05, 0.1) is 0 Å². The second-order valence-electron chi connectivity index (χ2n) is 4.31. The molecule has 0 bridgehead atoms. The van der Waals surface area contributed by atoms with Crippen molar-refractivity contribution in [2.45, 2.75) is 57.0 Å². The van der Waals surface area contributed by atoms with Crippen LogP contribution in [0.15, 0.2) is 0 Å². The van der Waals surface area contributed by atoms with E-state index in [0.717, 1.165) is 6.54 Å². The third kappa shape index (κ3) is 3.81. The van der Waals surface area contributed by atoms with E-state index in [2.05, 4.69) is 34.6 Å². The summed E-state index contributed by atoms with van der Waals surface area (Å²) in [4.78, 5) is 0. The van der Waals surface area contributed by atoms with Gasteiger partial charge in [0, 0.05) is 16.0 Å². The van der Waals surface area contributed by atoms with Crippen molar-refractivity contribution in [3.05, 3.63) is 0 Å². The molecule has 0 heterocycles. The molecule has 0 radical (unpaired) electrons. The zero-order valence-corrected chi connectivity index (χ0v) is 9.92. The molecule has 0 aromatic carbocycles. The van der Waals surface area contributed by atoms with Gasteiger partial charge in [0.2, 0.25) is 0 Å². The van der Waals surface area contributed by atoms with Crippen LogP contribution in [0.4, 0.5) is 0 Å². The molecular weight excluding hydrogens is 166 g/mol. The number of rotatable bonds is 4. The molecule has 0 aromatic heterocycles. The molecule has 0 atom stereocenters. The molecule has 74 valence electrons. The fourth-order valence-electron chi connectivity index (χ4n) is 1.37. The lowest BCUT2D eigenvalue weighted by Gasteiger charge is -2.36. The normalized spacial score (nSPS) is 13.5. The fourth-order valence-corrected chi connectivity index (χ4v) is 3.05. The van der Waals surface area contributed by atoms with Crippen molar-refractivity contribution >= 4 is 11.8 Å². The molecule has 1 nitrogen and oxygen atoms in total. The van der Waals surface area contributed by atoms with Gasteiger partial charge in [-0.2, -0.15) is 0 Å². The van der Waals surface area contributed by atoms with Crippen LogP contribution < -0.4 is 5.73 Å². The molecule has 0 aliphatic carbocycles. The van der Waals surface area contributed by atoms with E-state index in [0.29, 0.717) is 9.49 Å². The van der Waals surface area contributed by atoms with Crippen LogP contribution in [0, 0.1) is 0 Å². The summed E-state index contributed by atoms with van der Waals surface area (Å²) in [6.07, 6.45) is 2.34. The highest BCUT2D eigenvalue weighted by Gasteiger charge is 2.30. The van der Waals surface area contributed by atoms with E-state index in [-0.39, 0.29) is 0 Å². The fraction of sp³-hybridized carbons (Fsp3) is 1.00. The minimum absolute atomic E-state index is 0.304. The Balaban J connectivity index is 4.30. The van der Waals surface area contributed by atoms with E-state index in [4.69, 9.17) is 5.73 Å². The van der Waals surface area contributed by atoms with Gasteiger partial charge in [0.15, 0.2) is 0 Å². The highest BCUT2D eigenvalue weighted by molar-refractivity contribution is 8.01. The lowest BCUT2D eigenvalue weighted by Crippen LogP contribution is -2.36. The average molecular weight is 189 g/mol. The van der Waals surface area contributed by atoms with E-state index < -0.39 is 0 Å². The first kappa shape index (κ1) is 12.3. The molecule has 0 spiro atoms. The average Bonchev–Trinajstić information content (AvgIpc) is 1.99. The summed E-state index contributed by atoms with van der Waals surface area (Å²) in [6, 6.07) is 0. The van der Waals surface area contributed by atoms with E-state index in [9.17, 15) is 0 Å². The van der Waals surface area contributed by atoms with Crippen LogP contribution in [-0.2, 0) is 0 Å². The van der Waals surface area contributed by atoms with E-state index in [1.165, 1.54) is 12.8 Å². The SMILES string of the molecule is CCC(CC)(CN)SC(C)(C)C. The van der Waals surface area contributed by atoms with Gasteiger partial charge >= 0.3 is 0 Å². The minimum atomic E-state index is 0.304. The smallest absolute Gasteiger partial charge is 0.0282 e. The largest absolute Gasteiger partial charge is 0.329 e. The summed E-state index contributed by atoms with van der Waals surface area (Å²) >= 11 is 2.02. The van der Waals surface area contributed by atoms with Gasteiger partial charge in [-0.3, -0.25) is 0 Å². The second kappa shape index (κ2) is 4.52. The molecule has 0 aliphatic heterocycles. The van der Waals surface area contributed by atoms with Gasteiger partial charge in [0.25, 0.3) is 0 Å². The maximum absolute atomic E-state index is 5.82. The highest BCUT2D eigenvalue weighted by Crippen LogP contribution is 2.40. The molecule has 0 amide bonds. The van der Waals surface area contributed by atoms with Crippen LogP contribution in [0.5, 0.6) is 0 Å². The molecule has 0 saturated heterocycles. The third-order valence-electron chi connectivity index (χ3n) is 2.18. The van der Waals surface area contributed by atoms with Gasteiger partial charge in [-0.1, -0.05) is 34.6 Å². The first-order valence-electron chi connectivity index (χ1n) is 4.79. The van der Waals surface area contributed by atoms with Crippen molar-refractivity contribution in [3.63, 3.8) is 0 Å². The summed E-state index contributed by atoms with van der Waals surface area (Å²) in [5, 5.41) is 0. The Bertz CT molecular complexity index is 114. The monoisotopic (exact) mass is 189 g/mol. The first-order chi connectivity index (χ1) is 5.39. The lowest BCUT2D eigenvalue weighted by molar-refractivity contribution is 0.549. The number of nitrogens with two attached hydrogens (primary N) is 1. The molecule has 0 saturated carbocycles. The van der Waals surface area contributed by atoms with E-state index in [1.54, 1.807) is 0 Å².